The smallest absolute Gasteiger partial charge is 0.352 e. The number of carbonyl (C=O) groups excluding carboxylic acids is 1. The van der Waals surface area contributed by atoms with Gasteiger partial charge in [-0.2, -0.15) is 0 Å². The Hall–Kier alpha value is -2.54. The third-order valence-electron chi connectivity index (χ3n) is 3.58. The Morgan fingerprint density at radius 3 is 2.64 bits per heavy atom. The van der Waals surface area contributed by atoms with Crippen molar-refractivity contribution in [2.45, 2.75) is 33.1 Å². The van der Waals surface area contributed by atoms with Gasteiger partial charge in [0.2, 0.25) is 0 Å². The fourth-order valence-electron chi connectivity index (χ4n) is 2.73. The number of esters is 1. The maximum Gasteiger partial charge on any atom is 0.352 e. The summed E-state index contributed by atoms with van der Waals surface area (Å²) >= 11 is 0. The lowest BCUT2D eigenvalue weighted by Gasteiger charge is -2.27. The van der Waals surface area contributed by atoms with Crippen LogP contribution in [0.2, 0.25) is 0 Å². The van der Waals surface area contributed by atoms with Crippen molar-refractivity contribution < 1.29 is 9.53 Å². The molecule has 4 heteroatoms. The summed E-state index contributed by atoms with van der Waals surface area (Å²) in [6, 6.07) is 9.78. The van der Waals surface area contributed by atoms with Crippen LogP contribution in [0.25, 0.3) is 0 Å². The maximum absolute atomic E-state index is 12.1. The third kappa shape index (κ3) is 3.56. The fourth-order valence-corrected chi connectivity index (χ4v) is 2.73. The van der Waals surface area contributed by atoms with Crippen molar-refractivity contribution in [1.29, 1.82) is 5.26 Å². The molecule has 0 amide bonds. The molecular weight excluding hydrogens is 276 g/mol. The van der Waals surface area contributed by atoms with E-state index in [0.29, 0.717) is 11.5 Å². The first kappa shape index (κ1) is 15.8. The molecule has 0 saturated carbocycles. The van der Waals surface area contributed by atoms with Crippen LogP contribution in [0, 0.1) is 17.4 Å². The standard InChI is InChI=1S/C18H20N2O2/c1-12(2)9-15-10-16(14-7-5-4-6-8-14)17(13(3)20-15)18(21)22-11-19/h4-8,10,12,16,20H,9H2,1-3H3. The first-order valence-electron chi connectivity index (χ1n) is 7.36. The van der Waals surface area contributed by atoms with E-state index in [1.165, 1.54) is 6.26 Å². The number of nitriles is 1. The van der Waals surface area contributed by atoms with Gasteiger partial charge in [-0.25, -0.2) is 4.79 Å². The molecule has 1 atom stereocenters. The Morgan fingerprint density at radius 2 is 2.05 bits per heavy atom. The number of ether oxygens (including phenoxy) is 1. The van der Waals surface area contributed by atoms with Crippen LogP contribution in [0.1, 0.15) is 38.7 Å². The number of carbonyl (C=O) groups is 1. The Morgan fingerprint density at radius 1 is 1.36 bits per heavy atom. The van der Waals surface area contributed by atoms with Gasteiger partial charge in [-0.3, -0.25) is 0 Å². The van der Waals surface area contributed by atoms with Crippen LogP contribution >= 0.6 is 0 Å². The molecule has 1 unspecified atom stereocenters. The van der Waals surface area contributed by atoms with E-state index in [-0.39, 0.29) is 5.92 Å². The molecule has 0 bridgehead atoms. The Bertz CT molecular complexity index is 651. The van der Waals surface area contributed by atoms with Crippen LogP contribution in [0.5, 0.6) is 0 Å². The van der Waals surface area contributed by atoms with Crippen molar-refractivity contribution >= 4 is 5.97 Å². The summed E-state index contributed by atoms with van der Waals surface area (Å²) in [5.74, 6) is -0.283. The Balaban J connectivity index is 2.43. The normalized spacial score (nSPS) is 17.6. The molecule has 2 rings (SSSR count). The molecule has 0 aliphatic carbocycles. The molecule has 0 radical (unpaired) electrons. The fraction of sp³-hybridized carbons (Fsp3) is 0.333. The quantitative estimate of drug-likeness (QED) is 0.681. The van der Waals surface area contributed by atoms with E-state index in [0.717, 1.165) is 23.4 Å². The number of allylic oxidation sites excluding steroid dienone is 3. The van der Waals surface area contributed by atoms with Gasteiger partial charge in [0.05, 0.1) is 5.57 Å². The second-order valence-corrected chi connectivity index (χ2v) is 5.82. The Labute approximate surface area is 131 Å². The van der Waals surface area contributed by atoms with Crippen LogP contribution < -0.4 is 5.32 Å². The number of hydrogen-bond donors (Lipinski definition) is 1. The first-order valence-corrected chi connectivity index (χ1v) is 7.36. The average molecular weight is 296 g/mol. The molecule has 0 spiro atoms. The van der Waals surface area contributed by atoms with Gasteiger partial charge in [0.25, 0.3) is 6.26 Å². The minimum absolute atomic E-state index is 0.197. The summed E-state index contributed by atoms with van der Waals surface area (Å²) in [5.41, 5.74) is 3.33. The molecule has 0 aromatic heterocycles. The molecule has 22 heavy (non-hydrogen) atoms. The highest BCUT2D eigenvalue weighted by atomic mass is 16.5. The molecule has 114 valence electrons. The van der Waals surface area contributed by atoms with E-state index < -0.39 is 5.97 Å². The Kier molecular flexibility index (Phi) is 5.00. The first-order chi connectivity index (χ1) is 10.5. The van der Waals surface area contributed by atoms with Crippen molar-refractivity contribution in [3.63, 3.8) is 0 Å². The summed E-state index contributed by atoms with van der Waals surface area (Å²) in [7, 11) is 0. The second kappa shape index (κ2) is 6.95. The average Bonchev–Trinajstić information content (AvgIpc) is 2.47. The summed E-state index contributed by atoms with van der Waals surface area (Å²) < 4.78 is 4.56. The van der Waals surface area contributed by atoms with Crippen molar-refractivity contribution in [3.05, 3.63) is 58.9 Å². The molecule has 4 nitrogen and oxygen atoms in total. The monoisotopic (exact) mass is 296 g/mol. The molecule has 1 aliphatic rings. The van der Waals surface area contributed by atoms with Gasteiger partial charge in [-0.05, 0) is 24.8 Å². The largest absolute Gasteiger partial charge is 0.362 e. The molecule has 0 fully saturated rings. The number of hydrogen-bond acceptors (Lipinski definition) is 4. The predicted molar refractivity (Wildman–Crippen MR) is 84.3 cm³/mol. The second-order valence-electron chi connectivity index (χ2n) is 5.82. The van der Waals surface area contributed by atoms with E-state index >= 15 is 0 Å². The molecule has 1 heterocycles. The minimum Gasteiger partial charge on any atom is -0.362 e. The zero-order chi connectivity index (χ0) is 16.1. The van der Waals surface area contributed by atoms with Gasteiger partial charge in [-0.1, -0.05) is 50.3 Å². The lowest BCUT2D eigenvalue weighted by atomic mass is 9.85. The highest BCUT2D eigenvalue weighted by Gasteiger charge is 2.29. The van der Waals surface area contributed by atoms with Gasteiger partial charge in [0, 0.05) is 17.3 Å². The van der Waals surface area contributed by atoms with Gasteiger partial charge in [0.15, 0.2) is 0 Å². The third-order valence-corrected chi connectivity index (χ3v) is 3.58. The zero-order valence-corrected chi connectivity index (χ0v) is 13.1. The molecule has 1 aromatic rings. The molecule has 0 saturated heterocycles. The van der Waals surface area contributed by atoms with Crippen molar-refractivity contribution in [3.8, 4) is 6.26 Å². The SMILES string of the molecule is CC1=C(C(=O)OC#N)C(c2ccccc2)C=C(CC(C)C)N1. The predicted octanol–water partition coefficient (Wildman–Crippen LogP) is 3.60. The van der Waals surface area contributed by atoms with Crippen LogP contribution in [0.3, 0.4) is 0 Å². The van der Waals surface area contributed by atoms with Crippen LogP contribution in [0.15, 0.2) is 53.4 Å². The van der Waals surface area contributed by atoms with E-state index in [1.807, 2.05) is 37.3 Å². The number of rotatable bonds is 4. The number of nitrogens with one attached hydrogen (secondary N) is 1. The molecular formula is C18H20N2O2. The van der Waals surface area contributed by atoms with Gasteiger partial charge in [0.1, 0.15) is 0 Å². The van der Waals surface area contributed by atoms with Gasteiger partial charge in [-0.15, -0.1) is 5.26 Å². The zero-order valence-electron chi connectivity index (χ0n) is 13.1. The van der Waals surface area contributed by atoms with Crippen molar-refractivity contribution in [2.24, 2.45) is 5.92 Å². The van der Waals surface area contributed by atoms with Gasteiger partial charge < -0.3 is 10.1 Å². The van der Waals surface area contributed by atoms with E-state index in [9.17, 15) is 4.79 Å². The van der Waals surface area contributed by atoms with E-state index in [2.05, 4.69) is 30.0 Å². The summed E-state index contributed by atoms with van der Waals surface area (Å²) in [5, 5.41) is 11.9. The molecule has 1 aromatic carbocycles. The number of benzene rings is 1. The maximum atomic E-state index is 12.1. The molecule has 1 N–H and O–H groups in total. The van der Waals surface area contributed by atoms with Gasteiger partial charge >= 0.3 is 5.97 Å². The highest BCUT2D eigenvalue weighted by Crippen LogP contribution is 2.34. The van der Waals surface area contributed by atoms with Crippen molar-refractivity contribution in [2.75, 3.05) is 0 Å². The molecule has 1 aliphatic heterocycles. The van der Waals surface area contributed by atoms with E-state index in [1.54, 1.807) is 0 Å². The number of dihydropyridines is 1. The highest BCUT2D eigenvalue weighted by molar-refractivity contribution is 5.92. The summed E-state index contributed by atoms with van der Waals surface area (Å²) in [6.45, 7) is 6.15. The minimum atomic E-state index is -0.596. The summed E-state index contributed by atoms with van der Waals surface area (Å²) in [6.07, 6.45) is 4.42. The van der Waals surface area contributed by atoms with Crippen LogP contribution in [0.4, 0.5) is 0 Å². The van der Waals surface area contributed by atoms with Crippen LogP contribution in [-0.4, -0.2) is 5.97 Å². The van der Waals surface area contributed by atoms with Crippen LogP contribution in [-0.2, 0) is 9.53 Å². The lowest BCUT2D eigenvalue weighted by molar-refractivity contribution is -0.133. The van der Waals surface area contributed by atoms with E-state index in [4.69, 9.17) is 5.26 Å². The summed E-state index contributed by atoms with van der Waals surface area (Å²) in [4.78, 5) is 12.1. The lowest BCUT2D eigenvalue weighted by Crippen LogP contribution is -2.26. The number of nitrogens with zero attached hydrogens (tertiary/aromatic N) is 1. The van der Waals surface area contributed by atoms with Crippen molar-refractivity contribution in [1.82, 2.24) is 5.32 Å². The topological polar surface area (TPSA) is 62.1 Å².